The summed E-state index contributed by atoms with van der Waals surface area (Å²) in [6.45, 7) is 6.42. The summed E-state index contributed by atoms with van der Waals surface area (Å²) in [7, 11) is 0. The highest BCUT2D eigenvalue weighted by Crippen LogP contribution is 2.42. The molecular weight excluding hydrogens is 346 g/mol. The Balaban J connectivity index is 2.22. The number of rotatable bonds is 5. The highest BCUT2D eigenvalue weighted by Gasteiger charge is 2.33. The molecule has 0 saturated carbocycles. The van der Waals surface area contributed by atoms with Crippen molar-refractivity contribution < 1.29 is 18.6 Å². The molecule has 27 heavy (non-hydrogen) atoms. The molecule has 0 spiro atoms. The molecule has 6 heteroatoms. The van der Waals surface area contributed by atoms with E-state index in [1.165, 1.54) is 0 Å². The topological polar surface area (TPSA) is 83.9 Å². The van der Waals surface area contributed by atoms with Crippen molar-refractivity contribution in [3.05, 3.63) is 63.0 Å². The molecule has 1 atom stereocenters. The smallest absolute Gasteiger partial charge is 0.343 e. The van der Waals surface area contributed by atoms with Crippen LogP contribution in [0.3, 0.4) is 0 Å². The molecule has 2 heterocycles. The Kier molecular flexibility index (Phi) is 5.13. The van der Waals surface area contributed by atoms with Crippen molar-refractivity contribution in [2.24, 2.45) is 5.73 Å². The molecule has 1 aromatic heterocycles. The SMILES string of the molecule is C#CC1=C(N)Oc2cc(C)oc(=O)c2[C@H]1c1ccc(OCC)c(OCC)c1. The Morgan fingerprint density at radius 3 is 2.56 bits per heavy atom. The lowest BCUT2D eigenvalue weighted by Crippen LogP contribution is -2.26. The van der Waals surface area contributed by atoms with E-state index in [4.69, 9.17) is 30.8 Å². The van der Waals surface area contributed by atoms with Crippen LogP contribution in [0.25, 0.3) is 0 Å². The van der Waals surface area contributed by atoms with Crippen molar-refractivity contribution in [2.75, 3.05) is 13.2 Å². The fraction of sp³-hybridized carbons (Fsp3) is 0.286. The molecule has 0 fully saturated rings. The molecule has 0 saturated heterocycles. The van der Waals surface area contributed by atoms with Crippen LogP contribution in [-0.4, -0.2) is 13.2 Å². The first-order valence-electron chi connectivity index (χ1n) is 8.68. The minimum atomic E-state index is -0.592. The molecule has 140 valence electrons. The number of benzene rings is 1. The number of aryl methyl sites for hydroxylation is 1. The number of hydrogen-bond donors (Lipinski definition) is 1. The van der Waals surface area contributed by atoms with E-state index < -0.39 is 11.5 Å². The van der Waals surface area contributed by atoms with Gasteiger partial charge in [0.2, 0.25) is 5.88 Å². The Labute approximate surface area is 157 Å². The summed E-state index contributed by atoms with van der Waals surface area (Å²) in [6, 6.07) is 7.05. The average molecular weight is 367 g/mol. The predicted octanol–water partition coefficient (Wildman–Crippen LogP) is 3.07. The molecule has 0 amide bonds. The van der Waals surface area contributed by atoms with E-state index in [-0.39, 0.29) is 5.88 Å². The summed E-state index contributed by atoms with van der Waals surface area (Å²) in [5, 5.41) is 0. The highest BCUT2D eigenvalue weighted by molar-refractivity contribution is 5.57. The van der Waals surface area contributed by atoms with Crippen LogP contribution in [0, 0.1) is 19.3 Å². The van der Waals surface area contributed by atoms with Gasteiger partial charge in [0.05, 0.1) is 30.3 Å². The highest BCUT2D eigenvalue weighted by atomic mass is 16.5. The second-order valence-electron chi connectivity index (χ2n) is 5.95. The second kappa shape index (κ2) is 7.50. The Morgan fingerprint density at radius 2 is 1.89 bits per heavy atom. The Morgan fingerprint density at radius 1 is 1.19 bits per heavy atom. The van der Waals surface area contributed by atoms with Crippen LogP contribution in [0.2, 0.25) is 0 Å². The third-order valence-electron chi connectivity index (χ3n) is 4.19. The van der Waals surface area contributed by atoms with Gasteiger partial charge < -0.3 is 24.4 Å². The fourth-order valence-electron chi connectivity index (χ4n) is 3.13. The van der Waals surface area contributed by atoms with Crippen LogP contribution in [0.15, 0.2) is 44.9 Å². The monoisotopic (exact) mass is 367 g/mol. The molecule has 1 aliphatic rings. The molecular formula is C21H21NO5. The first-order chi connectivity index (χ1) is 13.0. The first kappa shape index (κ1) is 18.5. The lowest BCUT2D eigenvalue weighted by Gasteiger charge is -2.26. The summed E-state index contributed by atoms with van der Waals surface area (Å²) in [6.07, 6.45) is 5.68. The first-order valence-corrected chi connectivity index (χ1v) is 8.68. The summed E-state index contributed by atoms with van der Waals surface area (Å²) >= 11 is 0. The number of allylic oxidation sites excluding steroid dienone is 1. The molecule has 0 radical (unpaired) electrons. The standard InChI is InChI=1S/C21H21NO5/c1-5-14-18(13-8-9-15(24-6-2)16(11-13)25-7-3)19-17(27-20(14)22)10-12(4)26-21(19)23/h1,8-11,18H,6-7,22H2,2-4H3/t18-/m0/s1. The number of ether oxygens (including phenoxy) is 3. The van der Waals surface area contributed by atoms with Crippen molar-refractivity contribution in [1.82, 2.24) is 0 Å². The van der Waals surface area contributed by atoms with E-state index in [9.17, 15) is 4.79 Å². The molecule has 2 aromatic rings. The average Bonchev–Trinajstić information content (AvgIpc) is 2.62. The molecule has 1 aliphatic heterocycles. The van der Waals surface area contributed by atoms with Gasteiger partial charge in [0.1, 0.15) is 11.5 Å². The molecule has 2 N–H and O–H groups in total. The number of hydrogen-bond acceptors (Lipinski definition) is 6. The van der Waals surface area contributed by atoms with Crippen LogP contribution >= 0.6 is 0 Å². The fourth-order valence-corrected chi connectivity index (χ4v) is 3.13. The summed E-state index contributed by atoms with van der Waals surface area (Å²) < 4.78 is 22.2. The predicted molar refractivity (Wildman–Crippen MR) is 101 cm³/mol. The van der Waals surface area contributed by atoms with Crippen LogP contribution in [-0.2, 0) is 0 Å². The normalized spacial score (nSPS) is 15.6. The van der Waals surface area contributed by atoms with Gasteiger partial charge in [0.15, 0.2) is 11.5 Å². The van der Waals surface area contributed by atoms with Gasteiger partial charge in [-0.2, -0.15) is 0 Å². The zero-order valence-corrected chi connectivity index (χ0v) is 15.5. The van der Waals surface area contributed by atoms with Crippen molar-refractivity contribution in [1.29, 1.82) is 0 Å². The van der Waals surface area contributed by atoms with Crippen molar-refractivity contribution in [2.45, 2.75) is 26.7 Å². The minimum Gasteiger partial charge on any atom is -0.490 e. The summed E-state index contributed by atoms with van der Waals surface area (Å²) in [4.78, 5) is 12.6. The molecule has 6 nitrogen and oxygen atoms in total. The van der Waals surface area contributed by atoms with Gasteiger partial charge in [0, 0.05) is 6.07 Å². The molecule has 0 bridgehead atoms. The van der Waals surface area contributed by atoms with E-state index in [0.717, 1.165) is 5.56 Å². The summed E-state index contributed by atoms with van der Waals surface area (Å²) in [5.74, 6) is 4.00. The maximum Gasteiger partial charge on any atom is 0.343 e. The molecule has 0 unspecified atom stereocenters. The molecule has 1 aromatic carbocycles. The van der Waals surface area contributed by atoms with E-state index in [1.54, 1.807) is 25.1 Å². The van der Waals surface area contributed by atoms with Crippen LogP contribution in [0.1, 0.15) is 36.7 Å². The zero-order valence-electron chi connectivity index (χ0n) is 15.5. The largest absolute Gasteiger partial charge is 0.490 e. The minimum absolute atomic E-state index is 0.0897. The van der Waals surface area contributed by atoms with Gasteiger partial charge in [-0.3, -0.25) is 0 Å². The van der Waals surface area contributed by atoms with Crippen LogP contribution < -0.4 is 25.6 Å². The van der Waals surface area contributed by atoms with Crippen molar-refractivity contribution in [3.8, 4) is 29.6 Å². The van der Waals surface area contributed by atoms with Gasteiger partial charge in [0.25, 0.3) is 0 Å². The lowest BCUT2D eigenvalue weighted by molar-refractivity contribution is 0.287. The third-order valence-corrected chi connectivity index (χ3v) is 4.19. The number of terminal acetylenes is 1. The summed E-state index contributed by atoms with van der Waals surface area (Å²) in [5.41, 5.74) is 6.94. The number of nitrogens with two attached hydrogens (primary N) is 1. The van der Waals surface area contributed by atoms with Gasteiger partial charge in [-0.1, -0.05) is 12.0 Å². The Bertz CT molecular complexity index is 997. The van der Waals surface area contributed by atoms with Crippen LogP contribution in [0.5, 0.6) is 17.2 Å². The van der Waals surface area contributed by atoms with Crippen molar-refractivity contribution >= 4 is 0 Å². The number of fused-ring (bicyclic) bond motifs is 1. The van der Waals surface area contributed by atoms with Gasteiger partial charge >= 0.3 is 5.63 Å². The van der Waals surface area contributed by atoms with Gasteiger partial charge in [-0.25, -0.2) is 4.79 Å². The second-order valence-corrected chi connectivity index (χ2v) is 5.95. The quantitative estimate of drug-likeness (QED) is 0.818. The van der Waals surface area contributed by atoms with Crippen LogP contribution in [0.4, 0.5) is 0 Å². The van der Waals surface area contributed by atoms with Crippen molar-refractivity contribution in [3.63, 3.8) is 0 Å². The van der Waals surface area contributed by atoms with E-state index in [0.29, 0.717) is 47.4 Å². The third kappa shape index (κ3) is 3.36. The maximum absolute atomic E-state index is 12.6. The molecule has 0 aliphatic carbocycles. The Hall–Kier alpha value is -3.33. The lowest BCUT2D eigenvalue weighted by atomic mass is 9.84. The molecule has 3 rings (SSSR count). The van der Waals surface area contributed by atoms with E-state index in [2.05, 4.69) is 5.92 Å². The van der Waals surface area contributed by atoms with Gasteiger partial charge in [-0.15, -0.1) is 6.42 Å². The van der Waals surface area contributed by atoms with E-state index in [1.807, 2.05) is 19.9 Å². The van der Waals surface area contributed by atoms with Gasteiger partial charge in [-0.05, 0) is 38.5 Å². The zero-order chi connectivity index (χ0) is 19.6. The van der Waals surface area contributed by atoms with E-state index >= 15 is 0 Å². The maximum atomic E-state index is 12.6.